The lowest BCUT2D eigenvalue weighted by atomic mass is 10.1. The van der Waals surface area contributed by atoms with E-state index in [1.54, 1.807) is 6.07 Å². The molecule has 3 rings (SSSR count). The lowest BCUT2D eigenvalue weighted by molar-refractivity contribution is 0.102. The maximum absolute atomic E-state index is 12.4. The van der Waals surface area contributed by atoms with E-state index in [-0.39, 0.29) is 5.91 Å². The fourth-order valence-corrected chi connectivity index (χ4v) is 2.37. The molecule has 1 aliphatic heterocycles. The first kappa shape index (κ1) is 13.5. The molecule has 0 spiro atoms. The van der Waals surface area contributed by atoms with Gasteiger partial charge in [0, 0.05) is 12.0 Å². The van der Waals surface area contributed by atoms with E-state index in [1.807, 2.05) is 43.3 Å². The third-order valence-electron chi connectivity index (χ3n) is 3.39. The van der Waals surface area contributed by atoms with Crippen molar-refractivity contribution in [3.05, 3.63) is 53.6 Å². The molecule has 21 heavy (non-hydrogen) atoms. The van der Waals surface area contributed by atoms with Crippen LogP contribution in [0.2, 0.25) is 0 Å². The van der Waals surface area contributed by atoms with Gasteiger partial charge in [0.2, 0.25) is 0 Å². The molecule has 2 aromatic carbocycles. The number of ether oxygens (including phenoxy) is 2. The van der Waals surface area contributed by atoms with Gasteiger partial charge >= 0.3 is 0 Å². The molecule has 108 valence electrons. The first-order valence-electron chi connectivity index (χ1n) is 7.07. The molecule has 0 atom stereocenters. The van der Waals surface area contributed by atoms with Crippen LogP contribution in [0.25, 0.3) is 0 Å². The average Bonchev–Trinajstić information content (AvgIpc) is 2.97. The van der Waals surface area contributed by atoms with Crippen LogP contribution in [-0.2, 0) is 6.42 Å². The first-order chi connectivity index (χ1) is 10.3. The van der Waals surface area contributed by atoms with Gasteiger partial charge < -0.3 is 14.8 Å². The zero-order chi connectivity index (χ0) is 14.7. The summed E-state index contributed by atoms with van der Waals surface area (Å²) in [5.41, 5.74) is 2.40. The van der Waals surface area contributed by atoms with Crippen molar-refractivity contribution in [1.82, 2.24) is 0 Å². The molecular weight excluding hydrogens is 266 g/mol. The lowest BCUT2D eigenvalue weighted by Gasteiger charge is -2.11. The Morgan fingerprint density at radius 3 is 3.00 bits per heavy atom. The number of benzene rings is 2. The summed E-state index contributed by atoms with van der Waals surface area (Å²) in [6.07, 6.45) is 0.853. The Kier molecular flexibility index (Phi) is 3.77. The molecule has 4 heteroatoms. The summed E-state index contributed by atoms with van der Waals surface area (Å²) in [5, 5.41) is 2.90. The molecule has 1 N–H and O–H groups in total. The van der Waals surface area contributed by atoms with E-state index in [2.05, 4.69) is 5.32 Å². The van der Waals surface area contributed by atoms with Gasteiger partial charge in [0.1, 0.15) is 11.5 Å². The van der Waals surface area contributed by atoms with Gasteiger partial charge in [0.05, 0.1) is 18.9 Å². The van der Waals surface area contributed by atoms with Gasteiger partial charge in [0.25, 0.3) is 5.91 Å². The smallest absolute Gasteiger partial charge is 0.255 e. The number of nitrogens with one attached hydrogen (secondary N) is 1. The fourth-order valence-electron chi connectivity index (χ4n) is 2.37. The summed E-state index contributed by atoms with van der Waals surface area (Å²) in [6, 6.07) is 13.0. The highest BCUT2D eigenvalue weighted by Gasteiger charge is 2.15. The molecule has 0 bridgehead atoms. The SMILES string of the molecule is CCOc1ccccc1NC(=O)c1ccc2c(c1)CCO2. The Morgan fingerprint density at radius 1 is 1.29 bits per heavy atom. The van der Waals surface area contributed by atoms with Crippen LogP contribution in [0, 0.1) is 0 Å². The molecule has 0 saturated heterocycles. The second-order valence-corrected chi connectivity index (χ2v) is 4.80. The molecule has 0 saturated carbocycles. The molecule has 0 unspecified atom stereocenters. The molecular formula is C17H17NO3. The topological polar surface area (TPSA) is 47.6 Å². The summed E-state index contributed by atoms with van der Waals surface area (Å²) >= 11 is 0. The van der Waals surface area contributed by atoms with Crippen LogP contribution in [-0.4, -0.2) is 19.1 Å². The number of amides is 1. The minimum Gasteiger partial charge on any atom is -0.493 e. The van der Waals surface area contributed by atoms with E-state index in [4.69, 9.17) is 9.47 Å². The number of carbonyl (C=O) groups excluding carboxylic acids is 1. The van der Waals surface area contributed by atoms with Gasteiger partial charge in [-0.1, -0.05) is 12.1 Å². The monoisotopic (exact) mass is 283 g/mol. The Balaban J connectivity index is 1.80. The lowest BCUT2D eigenvalue weighted by Crippen LogP contribution is -2.13. The Hall–Kier alpha value is -2.49. The molecule has 0 fully saturated rings. The molecule has 0 aliphatic carbocycles. The van der Waals surface area contributed by atoms with Crippen LogP contribution in [0.3, 0.4) is 0 Å². The van der Waals surface area contributed by atoms with Crippen molar-refractivity contribution in [1.29, 1.82) is 0 Å². The number of hydrogen-bond acceptors (Lipinski definition) is 3. The summed E-state index contributed by atoms with van der Waals surface area (Å²) in [5.74, 6) is 1.41. The standard InChI is InChI=1S/C17H17NO3/c1-2-20-16-6-4-3-5-14(16)18-17(19)13-7-8-15-12(11-13)9-10-21-15/h3-8,11H,2,9-10H2,1H3,(H,18,19). The largest absolute Gasteiger partial charge is 0.493 e. The minimum absolute atomic E-state index is 0.142. The number of carbonyl (C=O) groups is 1. The van der Waals surface area contributed by atoms with Gasteiger partial charge in [-0.3, -0.25) is 4.79 Å². The Labute approximate surface area is 123 Å². The highest BCUT2D eigenvalue weighted by atomic mass is 16.5. The first-order valence-corrected chi connectivity index (χ1v) is 7.07. The minimum atomic E-state index is -0.142. The number of rotatable bonds is 4. The second kappa shape index (κ2) is 5.87. The number of fused-ring (bicyclic) bond motifs is 1. The van der Waals surface area contributed by atoms with Crippen molar-refractivity contribution in [2.75, 3.05) is 18.5 Å². The van der Waals surface area contributed by atoms with Gasteiger partial charge in [-0.05, 0) is 42.8 Å². The summed E-state index contributed by atoms with van der Waals surface area (Å²) in [7, 11) is 0. The van der Waals surface area contributed by atoms with Crippen molar-refractivity contribution in [3.8, 4) is 11.5 Å². The number of anilines is 1. The summed E-state index contributed by atoms with van der Waals surface area (Å²) < 4.78 is 11.0. The highest BCUT2D eigenvalue weighted by molar-refractivity contribution is 6.05. The van der Waals surface area contributed by atoms with Crippen LogP contribution in [0.4, 0.5) is 5.69 Å². The zero-order valence-electron chi connectivity index (χ0n) is 11.9. The Bertz CT molecular complexity index is 667. The van der Waals surface area contributed by atoms with E-state index >= 15 is 0 Å². The van der Waals surface area contributed by atoms with Crippen LogP contribution in [0.1, 0.15) is 22.8 Å². The molecule has 0 aromatic heterocycles. The van der Waals surface area contributed by atoms with Crippen molar-refractivity contribution in [2.45, 2.75) is 13.3 Å². The second-order valence-electron chi connectivity index (χ2n) is 4.80. The normalized spacial score (nSPS) is 12.4. The quantitative estimate of drug-likeness (QED) is 0.936. The van der Waals surface area contributed by atoms with Crippen LogP contribution >= 0.6 is 0 Å². The van der Waals surface area contributed by atoms with Crippen LogP contribution in [0.5, 0.6) is 11.5 Å². The van der Waals surface area contributed by atoms with Crippen molar-refractivity contribution < 1.29 is 14.3 Å². The number of para-hydroxylation sites is 2. The van der Waals surface area contributed by atoms with Gasteiger partial charge in [-0.2, -0.15) is 0 Å². The average molecular weight is 283 g/mol. The molecule has 4 nitrogen and oxygen atoms in total. The molecule has 0 radical (unpaired) electrons. The van der Waals surface area contributed by atoms with Gasteiger partial charge in [-0.25, -0.2) is 0 Å². The van der Waals surface area contributed by atoms with E-state index in [1.165, 1.54) is 0 Å². The maximum Gasteiger partial charge on any atom is 0.255 e. The van der Waals surface area contributed by atoms with Gasteiger partial charge in [0.15, 0.2) is 0 Å². The number of hydrogen-bond donors (Lipinski definition) is 1. The van der Waals surface area contributed by atoms with E-state index in [0.29, 0.717) is 30.2 Å². The van der Waals surface area contributed by atoms with E-state index in [0.717, 1.165) is 17.7 Å². The van der Waals surface area contributed by atoms with Crippen molar-refractivity contribution in [3.63, 3.8) is 0 Å². The van der Waals surface area contributed by atoms with Crippen LogP contribution in [0.15, 0.2) is 42.5 Å². The predicted molar refractivity (Wildman–Crippen MR) is 81.2 cm³/mol. The van der Waals surface area contributed by atoms with Gasteiger partial charge in [-0.15, -0.1) is 0 Å². The summed E-state index contributed by atoms with van der Waals surface area (Å²) in [4.78, 5) is 12.4. The molecule has 2 aromatic rings. The van der Waals surface area contributed by atoms with Crippen molar-refractivity contribution in [2.24, 2.45) is 0 Å². The van der Waals surface area contributed by atoms with Crippen molar-refractivity contribution >= 4 is 11.6 Å². The molecule has 1 heterocycles. The predicted octanol–water partition coefficient (Wildman–Crippen LogP) is 3.27. The van der Waals surface area contributed by atoms with E-state index in [9.17, 15) is 4.79 Å². The van der Waals surface area contributed by atoms with Crippen LogP contribution < -0.4 is 14.8 Å². The zero-order valence-corrected chi connectivity index (χ0v) is 11.9. The highest BCUT2D eigenvalue weighted by Crippen LogP contribution is 2.27. The maximum atomic E-state index is 12.4. The van der Waals surface area contributed by atoms with E-state index < -0.39 is 0 Å². The third kappa shape index (κ3) is 2.84. The fraction of sp³-hybridized carbons (Fsp3) is 0.235. The molecule has 1 amide bonds. The summed E-state index contributed by atoms with van der Waals surface area (Å²) in [6.45, 7) is 3.16. The molecule has 1 aliphatic rings. The third-order valence-corrected chi connectivity index (χ3v) is 3.39. The Morgan fingerprint density at radius 2 is 2.14 bits per heavy atom.